The Morgan fingerprint density at radius 2 is 1.83 bits per heavy atom. The minimum Gasteiger partial charge on any atom is -0.368 e. The van der Waals surface area contributed by atoms with Crippen molar-refractivity contribution in [1.82, 2.24) is 15.0 Å². The average Bonchev–Trinajstić information content (AvgIpc) is 2.59. The number of rotatable bonds is 3. The van der Waals surface area contributed by atoms with E-state index in [1.54, 1.807) is 25.1 Å². The number of fused-ring (bicyclic) bond motifs is 1. The molecule has 0 bridgehead atoms. The zero-order valence-electron chi connectivity index (χ0n) is 13.4. The molecule has 0 saturated heterocycles. The summed E-state index contributed by atoms with van der Waals surface area (Å²) >= 11 is 0. The van der Waals surface area contributed by atoms with Gasteiger partial charge in [-0.3, -0.25) is 0 Å². The molecule has 0 radical (unpaired) electrons. The molecule has 0 unspecified atom stereocenters. The van der Waals surface area contributed by atoms with Crippen molar-refractivity contribution in [2.45, 2.75) is 0 Å². The SMILES string of the molecule is CN(C)c1nc(N)nc(/C(C#N)=C/c2cccc3ccccc23)n1. The zero-order valence-corrected chi connectivity index (χ0v) is 13.4. The van der Waals surface area contributed by atoms with E-state index in [2.05, 4.69) is 21.0 Å². The van der Waals surface area contributed by atoms with Crippen molar-refractivity contribution in [3.05, 3.63) is 53.9 Å². The van der Waals surface area contributed by atoms with E-state index >= 15 is 0 Å². The normalized spacial score (nSPS) is 11.3. The molecule has 3 aromatic rings. The molecular weight excluding hydrogens is 300 g/mol. The number of nitriles is 1. The Morgan fingerprint density at radius 3 is 2.58 bits per heavy atom. The smallest absolute Gasteiger partial charge is 0.230 e. The summed E-state index contributed by atoms with van der Waals surface area (Å²) in [4.78, 5) is 14.2. The van der Waals surface area contributed by atoms with Crippen LogP contribution in [-0.2, 0) is 0 Å². The van der Waals surface area contributed by atoms with Gasteiger partial charge in [-0.2, -0.15) is 20.2 Å². The van der Waals surface area contributed by atoms with Crippen LogP contribution in [0.1, 0.15) is 11.4 Å². The maximum Gasteiger partial charge on any atom is 0.230 e. The van der Waals surface area contributed by atoms with Crippen LogP contribution in [0.15, 0.2) is 42.5 Å². The molecule has 0 fully saturated rings. The lowest BCUT2D eigenvalue weighted by Gasteiger charge is -2.11. The van der Waals surface area contributed by atoms with E-state index in [1.165, 1.54) is 0 Å². The van der Waals surface area contributed by atoms with Crippen LogP contribution in [0.5, 0.6) is 0 Å². The number of hydrogen-bond donors (Lipinski definition) is 1. The topological polar surface area (TPSA) is 91.7 Å². The molecular formula is C18H16N6. The molecule has 0 spiro atoms. The van der Waals surface area contributed by atoms with Gasteiger partial charge in [0.2, 0.25) is 11.9 Å². The minimum atomic E-state index is 0.0859. The van der Waals surface area contributed by atoms with Crippen molar-refractivity contribution < 1.29 is 0 Å². The predicted molar refractivity (Wildman–Crippen MR) is 96.0 cm³/mol. The second-order valence-electron chi connectivity index (χ2n) is 5.45. The van der Waals surface area contributed by atoms with Crippen LogP contribution < -0.4 is 10.6 Å². The highest BCUT2D eigenvalue weighted by Gasteiger charge is 2.11. The van der Waals surface area contributed by atoms with Gasteiger partial charge >= 0.3 is 0 Å². The Bertz CT molecular complexity index is 963. The first-order valence-corrected chi connectivity index (χ1v) is 7.37. The molecule has 2 N–H and O–H groups in total. The van der Waals surface area contributed by atoms with E-state index in [-0.39, 0.29) is 11.8 Å². The fourth-order valence-corrected chi connectivity index (χ4v) is 2.38. The van der Waals surface area contributed by atoms with Crippen molar-refractivity contribution in [2.24, 2.45) is 0 Å². The Balaban J connectivity index is 2.15. The lowest BCUT2D eigenvalue weighted by molar-refractivity contribution is 0.952. The first kappa shape index (κ1) is 15.4. The third-order valence-electron chi connectivity index (χ3n) is 3.53. The number of benzene rings is 2. The van der Waals surface area contributed by atoms with Gasteiger partial charge in [-0.05, 0) is 22.4 Å². The third-order valence-corrected chi connectivity index (χ3v) is 3.53. The molecule has 0 amide bonds. The van der Waals surface area contributed by atoms with Crippen LogP contribution in [0.4, 0.5) is 11.9 Å². The second kappa shape index (κ2) is 6.34. The molecule has 3 rings (SSSR count). The van der Waals surface area contributed by atoms with Crippen molar-refractivity contribution in [2.75, 3.05) is 24.7 Å². The van der Waals surface area contributed by atoms with E-state index in [1.807, 2.05) is 42.5 Å². The molecule has 118 valence electrons. The lowest BCUT2D eigenvalue weighted by atomic mass is 10.0. The fourth-order valence-electron chi connectivity index (χ4n) is 2.38. The summed E-state index contributed by atoms with van der Waals surface area (Å²) in [6.45, 7) is 0. The molecule has 0 aliphatic rings. The Hall–Kier alpha value is -3.46. The average molecular weight is 316 g/mol. The highest BCUT2D eigenvalue weighted by Crippen LogP contribution is 2.23. The molecule has 1 aromatic heterocycles. The Kier molecular flexibility index (Phi) is 4.08. The van der Waals surface area contributed by atoms with Gasteiger partial charge in [0.15, 0.2) is 5.82 Å². The van der Waals surface area contributed by atoms with Gasteiger partial charge in [-0.15, -0.1) is 0 Å². The number of nitrogens with two attached hydrogens (primary N) is 1. The fraction of sp³-hybridized carbons (Fsp3) is 0.111. The summed E-state index contributed by atoms with van der Waals surface area (Å²) in [7, 11) is 3.61. The molecule has 2 aromatic carbocycles. The summed E-state index contributed by atoms with van der Waals surface area (Å²) in [5.74, 6) is 0.765. The van der Waals surface area contributed by atoms with Gasteiger partial charge < -0.3 is 10.6 Å². The summed E-state index contributed by atoms with van der Waals surface area (Å²) in [6.07, 6.45) is 1.77. The Morgan fingerprint density at radius 1 is 1.08 bits per heavy atom. The van der Waals surface area contributed by atoms with Crippen molar-refractivity contribution in [3.63, 3.8) is 0 Å². The zero-order chi connectivity index (χ0) is 17.1. The van der Waals surface area contributed by atoms with E-state index in [0.29, 0.717) is 11.5 Å². The van der Waals surface area contributed by atoms with Crippen molar-refractivity contribution >= 4 is 34.3 Å². The van der Waals surface area contributed by atoms with E-state index in [9.17, 15) is 5.26 Å². The minimum absolute atomic E-state index is 0.0859. The molecule has 1 heterocycles. The summed E-state index contributed by atoms with van der Waals surface area (Å²) in [6, 6.07) is 16.1. The number of allylic oxidation sites excluding steroid dienone is 1. The summed E-state index contributed by atoms with van der Waals surface area (Å²) in [5.41, 5.74) is 7.01. The number of nitrogens with zero attached hydrogens (tertiary/aromatic N) is 5. The maximum absolute atomic E-state index is 9.56. The largest absolute Gasteiger partial charge is 0.368 e. The Labute approximate surface area is 139 Å². The van der Waals surface area contributed by atoms with Gasteiger partial charge in [-0.25, -0.2) is 0 Å². The number of aromatic nitrogens is 3. The van der Waals surface area contributed by atoms with Crippen LogP contribution in [0.25, 0.3) is 22.4 Å². The van der Waals surface area contributed by atoms with E-state index in [0.717, 1.165) is 16.3 Å². The molecule has 0 aliphatic heterocycles. The van der Waals surface area contributed by atoms with Crippen LogP contribution in [-0.4, -0.2) is 29.0 Å². The summed E-state index contributed by atoms with van der Waals surface area (Å²) in [5, 5.41) is 11.7. The molecule has 0 atom stereocenters. The predicted octanol–water partition coefficient (Wildman–Crippen LogP) is 2.74. The maximum atomic E-state index is 9.56. The molecule has 6 nitrogen and oxygen atoms in total. The highest BCUT2D eigenvalue weighted by molar-refractivity contribution is 5.97. The quantitative estimate of drug-likeness (QED) is 0.747. The van der Waals surface area contributed by atoms with Crippen molar-refractivity contribution in [1.29, 1.82) is 5.26 Å². The standard InChI is InChI=1S/C18H16N6/c1-24(2)18-22-16(21-17(20)23-18)14(11-19)10-13-8-5-7-12-6-3-4-9-15(12)13/h3-10H,1-2H3,(H2,20,21,22,23)/b14-10+. The highest BCUT2D eigenvalue weighted by atomic mass is 15.3. The van der Waals surface area contributed by atoms with Crippen LogP contribution in [0.3, 0.4) is 0 Å². The lowest BCUT2D eigenvalue weighted by Crippen LogP contribution is -2.15. The van der Waals surface area contributed by atoms with Gasteiger partial charge in [0, 0.05) is 14.1 Å². The first-order valence-electron chi connectivity index (χ1n) is 7.37. The van der Waals surface area contributed by atoms with E-state index < -0.39 is 0 Å². The molecule has 24 heavy (non-hydrogen) atoms. The van der Waals surface area contributed by atoms with Crippen molar-refractivity contribution in [3.8, 4) is 6.07 Å². The monoisotopic (exact) mass is 316 g/mol. The van der Waals surface area contributed by atoms with Crippen LogP contribution in [0.2, 0.25) is 0 Å². The number of anilines is 2. The van der Waals surface area contributed by atoms with Gasteiger partial charge in [0.25, 0.3) is 0 Å². The van der Waals surface area contributed by atoms with E-state index in [4.69, 9.17) is 5.73 Å². The van der Waals surface area contributed by atoms with Crippen LogP contribution >= 0.6 is 0 Å². The summed E-state index contributed by atoms with van der Waals surface area (Å²) < 4.78 is 0. The molecule has 0 saturated carbocycles. The molecule has 6 heteroatoms. The molecule has 0 aliphatic carbocycles. The second-order valence-corrected chi connectivity index (χ2v) is 5.45. The van der Waals surface area contributed by atoms with Crippen LogP contribution in [0, 0.1) is 11.3 Å². The van der Waals surface area contributed by atoms with Gasteiger partial charge in [0.1, 0.15) is 6.07 Å². The number of hydrogen-bond acceptors (Lipinski definition) is 6. The van der Waals surface area contributed by atoms with Gasteiger partial charge in [0.05, 0.1) is 5.57 Å². The third kappa shape index (κ3) is 3.01. The van der Waals surface area contributed by atoms with Gasteiger partial charge in [-0.1, -0.05) is 42.5 Å². The number of nitrogen functional groups attached to an aromatic ring is 1. The first-order chi connectivity index (χ1) is 11.6.